The van der Waals surface area contributed by atoms with Gasteiger partial charge < -0.3 is 4.57 Å². The van der Waals surface area contributed by atoms with Gasteiger partial charge in [0.1, 0.15) is 5.82 Å². The van der Waals surface area contributed by atoms with Crippen molar-refractivity contribution in [1.29, 1.82) is 0 Å². The zero-order valence-electron chi connectivity index (χ0n) is 12.7. The first-order chi connectivity index (χ1) is 10.1. The van der Waals surface area contributed by atoms with Crippen molar-refractivity contribution in [3.05, 3.63) is 71.6 Å². The Bertz CT molecular complexity index is 772. The van der Waals surface area contributed by atoms with E-state index in [1.165, 1.54) is 22.3 Å². The summed E-state index contributed by atoms with van der Waals surface area (Å²) in [6, 6.07) is 8.75. The summed E-state index contributed by atoms with van der Waals surface area (Å²) in [5, 5.41) is 0. The fourth-order valence-corrected chi connectivity index (χ4v) is 2.42. The molecule has 2 aromatic heterocycles. The number of nitrogens with zero attached hydrogens (tertiary/aromatic N) is 3. The third kappa shape index (κ3) is 2.87. The molecule has 0 spiro atoms. The van der Waals surface area contributed by atoms with E-state index in [9.17, 15) is 0 Å². The first kappa shape index (κ1) is 13.6. The van der Waals surface area contributed by atoms with Crippen LogP contribution in [0.25, 0.3) is 11.1 Å². The van der Waals surface area contributed by atoms with Crippen LogP contribution < -0.4 is 0 Å². The summed E-state index contributed by atoms with van der Waals surface area (Å²) in [6.45, 7) is 7.10. The zero-order valence-corrected chi connectivity index (χ0v) is 12.7. The predicted octanol–water partition coefficient (Wildman–Crippen LogP) is 3.92. The van der Waals surface area contributed by atoms with Gasteiger partial charge >= 0.3 is 0 Å². The van der Waals surface area contributed by atoms with Gasteiger partial charge in [-0.25, -0.2) is 4.98 Å². The molecule has 0 N–H and O–H groups in total. The van der Waals surface area contributed by atoms with Gasteiger partial charge in [-0.2, -0.15) is 0 Å². The summed E-state index contributed by atoms with van der Waals surface area (Å²) in [6.07, 6.45) is 7.67. The molecule has 106 valence electrons. The SMILES string of the molecule is Cc1ccc(-c2cncc(Cn3ccnc3C)c2)cc1C. The molecule has 2 heterocycles. The van der Waals surface area contributed by atoms with E-state index in [2.05, 4.69) is 52.6 Å². The van der Waals surface area contributed by atoms with Crippen LogP contribution in [0.5, 0.6) is 0 Å². The number of aryl methyl sites for hydroxylation is 3. The molecule has 0 amide bonds. The molecule has 3 heteroatoms. The highest BCUT2D eigenvalue weighted by atomic mass is 15.0. The van der Waals surface area contributed by atoms with E-state index in [1.807, 2.05) is 31.7 Å². The fraction of sp³-hybridized carbons (Fsp3) is 0.222. The Kier molecular flexibility index (Phi) is 3.57. The minimum Gasteiger partial charge on any atom is -0.331 e. The maximum absolute atomic E-state index is 4.39. The Hall–Kier alpha value is -2.42. The number of pyridine rings is 1. The van der Waals surface area contributed by atoms with E-state index >= 15 is 0 Å². The number of hydrogen-bond acceptors (Lipinski definition) is 2. The highest BCUT2D eigenvalue weighted by molar-refractivity contribution is 5.64. The van der Waals surface area contributed by atoms with Gasteiger partial charge in [-0.05, 0) is 49.1 Å². The molecule has 0 aliphatic rings. The third-order valence-corrected chi connectivity index (χ3v) is 3.91. The number of rotatable bonds is 3. The first-order valence-corrected chi connectivity index (χ1v) is 7.13. The molecule has 0 atom stereocenters. The molecule has 0 saturated carbocycles. The third-order valence-electron chi connectivity index (χ3n) is 3.91. The summed E-state index contributed by atoms with van der Waals surface area (Å²) >= 11 is 0. The second-order valence-corrected chi connectivity index (χ2v) is 5.48. The molecule has 0 aliphatic carbocycles. The van der Waals surface area contributed by atoms with Gasteiger partial charge in [0.15, 0.2) is 0 Å². The van der Waals surface area contributed by atoms with E-state index in [0.29, 0.717) is 0 Å². The van der Waals surface area contributed by atoms with Crippen molar-refractivity contribution in [2.45, 2.75) is 27.3 Å². The molecule has 3 aromatic rings. The summed E-state index contributed by atoms with van der Waals surface area (Å²) in [5.74, 6) is 1.02. The molecule has 0 bridgehead atoms. The van der Waals surface area contributed by atoms with Crippen LogP contribution in [-0.4, -0.2) is 14.5 Å². The zero-order chi connectivity index (χ0) is 14.8. The maximum atomic E-state index is 4.39. The van der Waals surface area contributed by atoms with Crippen LogP contribution in [0.15, 0.2) is 49.1 Å². The molecule has 3 rings (SSSR count). The lowest BCUT2D eigenvalue weighted by atomic mass is 10.0. The summed E-state index contributed by atoms with van der Waals surface area (Å²) < 4.78 is 2.13. The first-order valence-electron chi connectivity index (χ1n) is 7.13. The fourth-order valence-electron chi connectivity index (χ4n) is 2.42. The number of benzene rings is 1. The lowest BCUT2D eigenvalue weighted by molar-refractivity contribution is 0.759. The van der Waals surface area contributed by atoms with Crippen molar-refractivity contribution in [2.24, 2.45) is 0 Å². The largest absolute Gasteiger partial charge is 0.331 e. The van der Waals surface area contributed by atoms with Crippen LogP contribution in [-0.2, 0) is 6.54 Å². The molecule has 3 nitrogen and oxygen atoms in total. The summed E-state index contributed by atoms with van der Waals surface area (Å²) in [4.78, 5) is 8.65. The standard InChI is InChI=1S/C18H19N3/c1-13-4-5-17(8-14(13)2)18-9-16(10-19-11-18)12-21-7-6-20-15(21)3/h4-11H,12H2,1-3H3. The van der Waals surface area contributed by atoms with Gasteiger partial charge in [0.25, 0.3) is 0 Å². The van der Waals surface area contributed by atoms with Crippen LogP contribution in [0.2, 0.25) is 0 Å². The molecule has 1 aromatic carbocycles. The molecule has 0 unspecified atom stereocenters. The molecule has 0 aliphatic heterocycles. The predicted molar refractivity (Wildman–Crippen MR) is 85.2 cm³/mol. The Morgan fingerprint density at radius 2 is 1.81 bits per heavy atom. The monoisotopic (exact) mass is 277 g/mol. The lowest BCUT2D eigenvalue weighted by Gasteiger charge is -2.09. The quantitative estimate of drug-likeness (QED) is 0.726. The maximum Gasteiger partial charge on any atom is 0.105 e. The van der Waals surface area contributed by atoms with Crippen molar-refractivity contribution in [2.75, 3.05) is 0 Å². The Balaban J connectivity index is 1.92. The Morgan fingerprint density at radius 1 is 0.952 bits per heavy atom. The van der Waals surface area contributed by atoms with E-state index in [1.54, 1.807) is 0 Å². The summed E-state index contributed by atoms with van der Waals surface area (Å²) in [7, 11) is 0. The van der Waals surface area contributed by atoms with E-state index in [-0.39, 0.29) is 0 Å². The van der Waals surface area contributed by atoms with Gasteiger partial charge in [0, 0.05) is 30.4 Å². The van der Waals surface area contributed by atoms with Crippen LogP contribution >= 0.6 is 0 Å². The van der Waals surface area contributed by atoms with Gasteiger partial charge in [-0.15, -0.1) is 0 Å². The van der Waals surface area contributed by atoms with Crippen molar-refractivity contribution in [1.82, 2.24) is 14.5 Å². The molecular weight excluding hydrogens is 258 g/mol. The molecule has 0 fully saturated rings. The van der Waals surface area contributed by atoms with Gasteiger partial charge in [-0.1, -0.05) is 18.2 Å². The molecule has 0 radical (unpaired) electrons. The van der Waals surface area contributed by atoms with Gasteiger partial charge in [-0.3, -0.25) is 4.98 Å². The minimum absolute atomic E-state index is 0.803. The van der Waals surface area contributed by atoms with Crippen LogP contribution in [0, 0.1) is 20.8 Å². The average molecular weight is 277 g/mol. The minimum atomic E-state index is 0.803. The second kappa shape index (κ2) is 5.52. The smallest absolute Gasteiger partial charge is 0.105 e. The molecular formula is C18H19N3. The summed E-state index contributed by atoms with van der Waals surface area (Å²) in [5.41, 5.74) is 6.19. The van der Waals surface area contributed by atoms with Gasteiger partial charge in [0.2, 0.25) is 0 Å². The van der Waals surface area contributed by atoms with Crippen molar-refractivity contribution >= 4 is 0 Å². The normalized spacial score (nSPS) is 10.8. The lowest BCUT2D eigenvalue weighted by Crippen LogP contribution is -2.01. The number of hydrogen-bond donors (Lipinski definition) is 0. The van der Waals surface area contributed by atoms with Crippen LogP contribution in [0.4, 0.5) is 0 Å². The average Bonchev–Trinajstić information content (AvgIpc) is 2.88. The second-order valence-electron chi connectivity index (χ2n) is 5.48. The highest BCUT2D eigenvalue weighted by Crippen LogP contribution is 2.22. The molecule has 0 saturated heterocycles. The topological polar surface area (TPSA) is 30.7 Å². The van der Waals surface area contributed by atoms with Crippen molar-refractivity contribution in [3.63, 3.8) is 0 Å². The Morgan fingerprint density at radius 3 is 2.52 bits per heavy atom. The molecule has 21 heavy (non-hydrogen) atoms. The number of aromatic nitrogens is 3. The highest BCUT2D eigenvalue weighted by Gasteiger charge is 2.04. The number of imidazole rings is 1. The van der Waals surface area contributed by atoms with E-state index in [4.69, 9.17) is 0 Å². The Labute approximate surface area is 125 Å². The van der Waals surface area contributed by atoms with Crippen LogP contribution in [0.1, 0.15) is 22.5 Å². The van der Waals surface area contributed by atoms with E-state index < -0.39 is 0 Å². The van der Waals surface area contributed by atoms with Crippen molar-refractivity contribution < 1.29 is 0 Å². The van der Waals surface area contributed by atoms with Crippen molar-refractivity contribution in [3.8, 4) is 11.1 Å². The van der Waals surface area contributed by atoms with Crippen LogP contribution in [0.3, 0.4) is 0 Å². The van der Waals surface area contributed by atoms with Gasteiger partial charge in [0.05, 0.1) is 6.54 Å². The van der Waals surface area contributed by atoms with E-state index in [0.717, 1.165) is 17.9 Å².